The molecule has 0 bridgehead atoms. The van der Waals surface area contributed by atoms with Crippen LogP contribution < -0.4 is 5.32 Å². The van der Waals surface area contributed by atoms with Crippen LogP contribution in [-0.4, -0.2) is 17.6 Å². The zero-order chi connectivity index (χ0) is 13.7. The summed E-state index contributed by atoms with van der Waals surface area (Å²) in [5, 5.41) is 18.7. The third kappa shape index (κ3) is 4.02. The van der Waals surface area contributed by atoms with Crippen molar-refractivity contribution in [3.8, 4) is 0 Å². The molecule has 0 aliphatic rings. The Morgan fingerprint density at radius 1 is 1.47 bits per heavy atom. The van der Waals surface area contributed by atoms with Gasteiger partial charge in [-0.1, -0.05) is 6.07 Å². The highest BCUT2D eigenvalue weighted by molar-refractivity contribution is 7.10. The van der Waals surface area contributed by atoms with E-state index in [1.807, 2.05) is 34.3 Å². The predicted molar refractivity (Wildman–Crippen MR) is 80.3 cm³/mol. The molecule has 0 fully saturated rings. The van der Waals surface area contributed by atoms with Crippen LogP contribution in [0.2, 0.25) is 0 Å². The summed E-state index contributed by atoms with van der Waals surface area (Å²) in [6.07, 6.45) is 3.24. The summed E-state index contributed by atoms with van der Waals surface area (Å²) in [6.45, 7) is 1.88. The van der Waals surface area contributed by atoms with Gasteiger partial charge in [0.25, 0.3) is 0 Å². The van der Waals surface area contributed by atoms with E-state index in [1.54, 1.807) is 24.3 Å². The number of rotatable bonds is 5. The number of thiophene rings is 2. The van der Waals surface area contributed by atoms with Gasteiger partial charge in [0.15, 0.2) is 0 Å². The molecule has 2 aromatic rings. The van der Waals surface area contributed by atoms with Gasteiger partial charge in [0, 0.05) is 11.0 Å². The minimum absolute atomic E-state index is 0.192. The Morgan fingerprint density at radius 2 is 2.32 bits per heavy atom. The molecule has 5 heteroatoms. The molecule has 0 spiro atoms. The topological polar surface area (TPSA) is 49.3 Å². The van der Waals surface area contributed by atoms with E-state index in [0.29, 0.717) is 0 Å². The van der Waals surface area contributed by atoms with Gasteiger partial charge < -0.3 is 10.4 Å². The molecule has 0 saturated carbocycles. The Labute approximate surface area is 120 Å². The van der Waals surface area contributed by atoms with Crippen molar-refractivity contribution in [3.63, 3.8) is 0 Å². The van der Waals surface area contributed by atoms with E-state index in [2.05, 4.69) is 5.32 Å². The summed E-state index contributed by atoms with van der Waals surface area (Å²) in [4.78, 5) is 12.7. The molecular formula is C14H15NO2S2. The van der Waals surface area contributed by atoms with Gasteiger partial charge in [-0.15, -0.1) is 11.3 Å². The van der Waals surface area contributed by atoms with Crippen molar-refractivity contribution in [2.45, 2.75) is 12.5 Å². The average Bonchev–Trinajstić information content (AvgIpc) is 3.06. The second kappa shape index (κ2) is 6.14. The third-order valence-corrected chi connectivity index (χ3v) is 4.21. The molecule has 100 valence electrons. The van der Waals surface area contributed by atoms with E-state index in [9.17, 15) is 9.90 Å². The lowest BCUT2D eigenvalue weighted by Crippen LogP contribution is -2.37. The zero-order valence-electron chi connectivity index (χ0n) is 10.5. The van der Waals surface area contributed by atoms with E-state index >= 15 is 0 Å². The summed E-state index contributed by atoms with van der Waals surface area (Å²) in [5.41, 5.74) is -0.216. The number of aliphatic hydroxyl groups is 1. The zero-order valence-corrected chi connectivity index (χ0v) is 12.1. The SMILES string of the molecule is CC(O)(CNC(=O)/C=C/c1cccs1)c1ccsc1. The van der Waals surface area contributed by atoms with Crippen molar-refractivity contribution in [3.05, 3.63) is 50.9 Å². The number of nitrogens with one attached hydrogen (secondary N) is 1. The smallest absolute Gasteiger partial charge is 0.244 e. The highest BCUT2D eigenvalue weighted by Crippen LogP contribution is 2.21. The fourth-order valence-electron chi connectivity index (χ4n) is 1.54. The van der Waals surface area contributed by atoms with Gasteiger partial charge in [0.05, 0.1) is 6.54 Å². The van der Waals surface area contributed by atoms with Gasteiger partial charge in [0.2, 0.25) is 5.91 Å². The number of hydrogen-bond donors (Lipinski definition) is 2. The first kappa shape index (κ1) is 14.0. The molecule has 1 atom stereocenters. The van der Waals surface area contributed by atoms with Crippen LogP contribution in [0, 0.1) is 0 Å². The third-order valence-electron chi connectivity index (χ3n) is 2.69. The molecule has 1 unspecified atom stereocenters. The minimum atomic E-state index is -1.04. The fraction of sp³-hybridized carbons (Fsp3) is 0.214. The van der Waals surface area contributed by atoms with E-state index in [0.717, 1.165) is 10.4 Å². The Morgan fingerprint density at radius 3 is 2.95 bits per heavy atom. The Bertz CT molecular complexity index is 542. The summed E-state index contributed by atoms with van der Waals surface area (Å²) in [7, 11) is 0. The van der Waals surface area contributed by atoms with E-state index < -0.39 is 5.60 Å². The summed E-state index contributed by atoms with van der Waals surface area (Å²) in [6, 6.07) is 5.73. The fourth-order valence-corrected chi connectivity index (χ4v) is 2.94. The van der Waals surface area contributed by atoms with Gasteiger partial charge in [-0.05, 0) is 46.8 Å². The molecule has 2 N–H and O–H groups in total. The maximum Gasteiger partial charge on any atom is 0.244 e. The first-order valence-electron chi connectivity index (χ1n) is 5.82. The van der Waals surface area contributed by atoms with Gasteiger partial charge in [0.1, 0.15) is 5.60 Å². The predicted octanol–water partition coefficient (Wildman–Crippen LogP) is 2.85. The van der Waals surface area contributed by atoms with Crippen LogP contribution in [0.4, 0.5) is 0 Å². The number of hydrogen-bond acceptors (Lipinski definition) is 4. The van der Waals surface area contributed by atoms with Crippen LogP contribution in [0.15, 0.2) is 40.4 Å². The molecule has 0 radical (unpaired) electrons. The van der Waals surface area contributed by atoms with Crippen LogP contribution in [0.5, 0.6) is 0 Å². The first-order chi connectivity index (χ1) is 9.08. The van der Waals surface area contributed by atoms with Gasteiger partial charge in [-0.2, -0.15) is 11.3 Å². The van der Waals surface area contributed by atoms with Gasteiger partial charge >= 0.3 is 0 Å². The number of amides is 1. The molecule has 0 aromatic carbocycles. The average molecular weight is 293 g/mol. The van der Waals surface area contributed by atoms with E-state index in [-0.39, 0.29) is 12.5 Å². The molecular weight excluding hydrogens is 278 g/mol. The number of carbonyl (C=O) groups excluding carboxylic acids is 1. The molecule has 19 heavy (non-hydrogen) atoms. The maximum atomic E-state index is 11.7. The quantitative estimate of drug-likeness (QED) is 0.833. The second-order valence-corrected chi connectivity index (χ2v) is 6.11. The Hall–Kier alpha value is -1.43. The van der Waals surface area contributed by atoms with Gasteiger partial charge in [-0.25, -0.2) is 0 Å². The largest absolute Gasteiger partial charge is 0.384 e. The summed E-state index contributed by atoms with van der Waals surface area (Å²) in [5.74, 6) is -0.205. The summed E-state index contributed by atoms with van der Waals surface area (Å²) >= 11 is 3.10. The molecule has 2 heterocycles. The molecule has 2 aromatic heterocycles. The monoisotopic (exact) mass is 293 g/mol. The number of carbonyl (C=O) groups is 1. The Balaban J connectivity index is 1.87. The molecule has 3 nitrogen and oxygen atoms in total. The lowest BCUT2D eigenvalue weighted by atomic mass is 9.99. The van der Waals surface area contributed by atoms with Crippen LogP contribution in [0.25, 0.3) is 6.08 Å². The minimum Gasteiger partial charge on any atom is -0.384 e. The van der Waals surface area contributed by atoms with Crippen LogP contribution in [0.3, 0.4) is 0 Å². The van der Waals surface area contributed by atoms with E-state index in [1.165, 1.54) is 17.4 Å². The van der Waals surface area contributed by atoms with Crippen molar-refractivity contribution in [2.75, 3.05) is 6.54 Å². The first-order valence-corrected chi connectivity index (χ1v) is 7.65. The lowest BCUT2D eigenvalue weighted by molar-refractivity contribution is -0.117. The van der Waals surface area contributed by atoms with Gasteiger partial charge in [-0.3, -0.25) is 4.79 Å². The summed E-state index contributed by atoms with van der Waals surface area (Å²) < 4.78 is 0. The molecule has 1 amide bonds. The molecule has 0 aliphatic carbocycles. The second-order valence-electron chi connectivity index (χ2n) is 4.35. The van der Waals surface area contributed by atoms with Crippen LogP contribution in [-0.2, 0) is 10.4 Å². The van der Waals surface area contributed by atoms with Crippen molar-refractivity contribution < 1.29 is 9.90 Å². The molecule has 0 aliphatic heterocycles. The van der Waals surface area contributed by atoms with Crippen molar-refractivity contribution in [1.29, 1.82) is 0 Å². The highest BCUT2D eigenvalue weighted by Gasteiger charge is 2.23. The maximum absolute atomic E-state index is 11.7. The van der Waals surface area contributed by atoms with Crippen molar-refractivity contribution >= 4 is 34.7 Å². The standard InChI is InChI=1S/C14H15NO2S2/c1-14(17,11-6-8-18-9-11)10-15-13(16)5-4-12-3-2-7-19-12/h2-9,17H,10H2,1H3,(H,15,16)/b5-4+. The highest BCUT2D eigenvalue weighted by atomic mass is 32.1. The van der Waals surface area contributed by atoms with Crippen molar-refractivity contribution in [2.24, 2.45) is 0 Å². The van der Waals surface area contributed by atoms with Crippen molar-refractivity contribution in [1.82, 2.24) is 5.32 Å². The molecule has 2 rings (SSSR count). The Kier molecular flexibility index (Phi) is 4.52. The van der Waals surface area contributed by atoms with Crippen LogP contribution in [0.1, 0.15) is 17.4 Å². The van der Waals surface area contributed by atoms with Crippen LogP contribution >= 0.6 is 22.7 Å². The lowest BCUT2D eigenvalue weighted by Gasteiger charge is -2.22. The normalized spacial score (nSPS) is 14.4. The van der Waals surface area contributed by atoms with E-state index in [4.69, 9.17) is 0 Å². The molecule has 0 saturated heterocycles.